The van der Waals surface area contributed by atoms with Gasteiger partial charge in [-0.3, -0.25) is 19.1 Å². The van der Waals surface area contributed by atoms with Gasteiger partial charge in [0.1, 0.15) is 11.6 Å². The Balaban J connectivity index is 1.20. The van der Waals surface area contributed by atoms with Crippen molar-refractivity contribution in [3.05, 3.63) is 36.0 Å². The van der Waals surface area contributed by atoms with Crippen molar-refractivity contribution in [1.82, 2.24) is 20.3 Å². The number of hydrogen-bond acceptors (Lipinski definition) is 9. The highest BCUT2D eigenvalue weighted by Gasteiger charge is 2.62. The van der Waals surface area contributed by atoms with E-state index in [4.69, 9.17) is 9.47 Å². The van der Waals surface area contributed by atoms with Gasteiger partial charge in [-0.05, 0) is 106 Å². The molecule has 1 aromatic heterocycles. The van der Waals surface area contributed by atoms with Gasteiger partial charge in [-0.15, -0.1) is 0 Å². The van der Waals surface area contributed by atoms with Gasteiger partial charge >= 0.3 is 6.09 Å². The summed E-state index contributed by atoms with van der Waals surface area (Å²) in [4.78, 5) is 60.4. The molecule has 4 fully saturated rings. The van der Waals surface area contributed by atoms with Crippen LogP contribution < -0.4 is 20.1 Å². The summed E-state index contributed by atoms with van der Waals surface area (Å²) in [6, 6.07) is 7.32. The number of cyclic esters (lactones) is 1. The molecule has 12 nitrogen and oxygen atoms in total. The molecule has 4 bridgehead atoms. The van der Waals surface area contributed by atoms with Crippen LogP contribution >= 0.6 is 0 Å². The van der Waals surface area contributed by atoms with E-state index < -0.39 is 62.7 Å². The smallest absolute Gasteiger partial charge is 0.407 e. The number of nitrogens with one attached hydrogen (secondary N) is 3. The van der Waals surface area contributed by atoms with Crippen molar-refractivity contribution in [2.75, 3.05) is 6.61 Å². The number of aryl methyl sites for hydroxylation is 1. The Bertz CT molecular complexity index is 1770. The van der Waals surface area contributed by atoms with Crippen LogP contribution in [0.1, 0.15) is 102 Å². The fourth-order valence-corrected chi connectivity index (χ4v) is 10.0. The average molecular weight is 723 g/mol. The van der Waals surface area contributed by atoms with E-state index in [0.717, 1.165) is 67.7 Å². The molecule has 5 aliphatic rings. The summed E-state index contributed by atoms with van der Waals surface area (Å²) >= 11 is 0. The number of nitrogens with zero attached hydrogens (tertiary/aromatic N) is 1. The molecule has 3 N–H and O–H groups in total. The number of alkyl carbamates (subject to hydrolysis) is 1. The molecule has 7 rings (SSSR count). The number of hydrogen-bond donors (Lipinski definition) is 3. The standard InChI is InChI=1S/C38H50N4O8S/c1-2-26-22-38(26,36(45)42-51(47,48)28-14-15-28)41-34(44)31-21-27-20-30(31)33(43)32(25-10-6-3-7-11-25)40-37(46)49-18-8-4-5-9-23-12-13-24-16-17-39-35(50-27)29(24)19-23/h12-13,16-17,19,25-28,30-32H,2-11,14-15,18,20-22H2,1H3,(H,40,46)(H,41,44)(H,42,45)/t26-,27+,30?,31?,32-,38+/m0/s1. The number of carbonyl (C=O) groups excluding carboxylic acids is 4. The van der Waals surface area contributed by atoms with Gasteiger partial charge < -0.3 is 20.1 Å². The molecule has 4 saturated carbocycles. The largest absolute Gasteiger partial charge is 0.474 e. The van der Waals surface area contributed by atoms with E-state index in [1.54, 1.807) is 6.20 Å². The van der Waals surface area contributed by atoms with Gasteiger partial charge in [0.05, 0.1) is 23.8 Å². The molecule has 276 valence electrons. The Kier molecular flexibility index (Phi) is 10.3. The average Bonchev–Trinajstić information content (AvgIpc) is 4.05. The number of ether oxygens (including phenoxy) is 2. The van der Waals surface area contributed by atoms with Crippen LogP contribution in [0.5, 0.6) is 5.88 Å². The monoisotopic (exact) mass is 722 g/mol. The molecule has 2 aromatic rings. The molecule has 6 atom stereocenters. The number of sulfonamides is 1. The predicted molar refractivity (Wildman–Crippen MR) is 189 cm³/mol. The zero-order valence-electron chi connectivity index (χ0n) is 29.4. The van der Waals surface area contributed by atoms with Crippen LogP contribution in [0.4, 0.5) is 4.79 Å². The zero-order valence-corrected chi connectivity index (χ0v) is 30.2. The Morgan fingerprint density at radius 1 is 1.00 bits per heavy atom. The molecule has 1 aromatic carbocycles. The Morgan fingerprint density at radius 2 is 1.78 bits per heavy atom. The van der Waals surface area contributed by atoms with Crippen LogP contribution in [0, 0.1) is 23.7 Å². The summed E-state index contributed by atoms with van der Waals surface area (Å²) in [6.45, 7) is 2.14. The number of pyridine rings is 1. The second-order valence-electron chi connectivity index (χ2n) is 15.4. The van der Waals surface area contributed by atoms with E-state index in [1.807, 2.05) is 19.1 Å². The maximum Gasteiger partial charge on any atom is 0.407 e. The fourth-order valence-electron chi connectivity index (χ4n) is 8.65. The van der Waals surface area contributed by atoms with Gasteiger partial charge in [-0.25, -0.2) is 18.2 Å². The lowest BCUT2D eigenvalue weighted by molar-refractivity contribution is -0.136. The van der Waals surface area contributed by atoms with Crippen molar-refractivity contribution in [3.63, 3.8) is 0 Å². The number of rotatable bonds is 7. The molecule has 0 saturated heterocycles. The highest BCUT2D eigenvalue weighted by atomic mass is 32.2. The van der Waals surface area contributed by atoms with Gasteiger partial charge in [0.25, 0.3) is 5.91 Å². The molecular weight excluding hydrogens is 673 g/mol. The minimum atomic E-state index is -3.83. The van der Waals surface area contributed by atoms with Crippen LogP contribution in [-0.4, -0.2) is 66.6 Å². The Hall–Kier alpha value is -3.74. The van der Waals surface area contributed by atoms with Crippen LogP contribution in [-0.2, 0) is 35.6 Å². The number of amides is 3. The van der Waals surface area contributed by atoms with E-state index in [-0.39, 0.29) is 37.1 Å². The Labute approximate surface area is 299 Å². The predicted octanol–water partition coefficient (Wildman–Crippen LogP) is 4.87. The third-order valence-electron chi connectivity index (χ3n) is 11.9. The second-order valence-corrected chi connectivity index (χ2v) is 17.4. The van der Waals surface area contributed by atoms with Crippen molar-refractivity contribution in [2.45, 2.75) is 126 Å². The van der Waals surface area contributed by atoms with Crippen LogP contribution in [0.3, 0.4) is 0 Å². The highest BCUT2D eigenvalue weighted by molar-refractivity contribution is 7.91. The summed E-state index contributed by atoms with van der Waals surface area (Å²) in [7, 11) is -3.83. The number of fused-ring (bicyclic) bond motifs is 3. The second kappa shape index (κ2) is 14.7. The fraction of sp³-hybridized carbons (Fsp3) is 0.658. The molecule has 2 unspecified atom stereocenters. The molecule has 1 aliphatic heterocycles. The van der Waals surface area contributed by atoms with Gasteiger partial charge in [0.2, 0.25) is 21.8 Å². The van der Waals surface area contributed by atoms with Gasteiger partial charge in [0.15, 0.2) is 5.78 Å². The summed E-state index contributed by atoms with van der Waals surface area (Å²) in [5.74, 6) is -3.03. The topological polar surface area (TPSA) is 170 Å². The molecule has 0 radical (unpaired) electrons. The third kappa shape index (κ3) is 7.73. The number of carbonyl (C=O) groups is 4. The molecule has 4 aliphatic carbocycles. The maximum absolute atomic E-state index is 14.7. The van der Waals surface area contributed by atoms with Crippen LogP contribution in [0.2, 0.25) is 0 Å². The lowest BCUT2D eigenvalue weighted by atomic mass is 9.77. The Morgan fingerprint density at radius 3 is 2.53 bits per heavy atom. The first kappa shape index (κ1) is 35.7. The SMILES string of the molecule is CC[C@H]1C[C@]1(NC(=O)C1C[C@H]2CC1C(=O)[C@H](C1CCCCC1)NC(=O)OCCCCCc1ccc3ccnc(c3c1)O2)C(=O)NS(=O)(=O)C1CC1. The molecule has 2 heterocycles. The number of ketones is 1. The summed E-state index contributed by atoms with van der Waals surface area (Å²) < 4.78 is 39.8. The summed E-state index contributed by atoms with van der Waals surface area (Å²) in [5, 5.41) is 7.11. The van der Waals surface area contributed by atoms with E-state index in [9.17, 15) is 27.6 Å². The lowest BCUT2D eigenvalue weighted by Gasteiger charge is -2.32. The van der Waals surface area contributed by atoms with E-state index in [2.05, 4.69) is 32.5 Å². The van der Waals surface area contributed by atoms with Gasteiger partial charge in [0, 0.05) is 17.5 Å². The zero-order chi connectivity index (χ0) is 35.8. The van der Waals surface area contributed by atoms with Crippen molar-refractivity contribution in [3.8, 4) is 5.88 Å². The van der Waals surface area contributed by atoms with E-state index >= 15 is 0 Å². The van der Waals surface area contributed by atoms with Crippen molar-refractivity contribution in [1.29, 1.82) is 0 Å². The van der Waals surface area contributed by atoms with Crippen LogP contribution in [0.25, 0.3) is 10.8 Å². The van der Waals surface area contributed by atoms with Gasteiger partial charge in [-0.1, -0.05) is 44.7 Å². The first-order valence-corrected chi connectivity index (χ1v) is 20.5. The van der Waals surface area contributed by atoms with Crippen molar-refractivity contribution >= 4 is 44.5 Å². The minimum Gasteiger partial charge on any atom is -0.474 e. The van der Waals surface area contributed by atoms with Gasteiger partial charge in [-0.2, -0.15) is 0 Å². The van der Waals surface area contributed by atoms with Crippen molar-refractivity contribution in [2.24, 2.45) is 23.7 Å². The lowest BCUT2D eigenvalue weighted by Crippen LogP contribution is -2.55. The molecule has 13 heteroatoms. The summed E-state index contributed by atoms with van der Waals surface area (Å²) in [6.07, 6.45) is 10.7. The molecule has 51 heavy (non-hydrogen) atoms. The highest BCUT2D eigenvalue weighted by Crippen LogP contribution is 2.48. The minimum absolute atomic E-state index is 0.0936. The third-order valence-corrected chi connectivity index (χ3v) is 13.7. The van der Waals surface area contributed by atoms with Crippen molar-refractivity contribution < 1.29 is 37.1 Å². The molecular formula is C38H50N4O8S. The maximum atomic E-state index is 14.7. The number of benzene rings is 1. The normalized spacial score (nSPS) is 30.7. The number of aromatic nitrogens is 1. The molecule has 3 amide bonds. The van der Waals surface area contributed by atoms with E-state index in [0.29, 0.717) is 38.0 Å². The quantitative estimate of drug-likeness (QED) is 0.361. The van der Waals surface area contributed by atoms with Crippen LogP contribution in [0.15, 0.2) is 30.5 Å². The first-order chi connectivity index (χ1) is 24.6. The molecule has 0 spiro atoms. The summed E-state index contributed by atoms with van der Waals surface area (Å²) in [5.41, 5.74) is -0.236. The number of Topliss-reactive ketones (excluding diaryl/α,β-unsaturated/α-hetero) is 1. The first-order valence-electron chi connectivity index (χ1n) is 19.0. The van der Waals surface area contributed by atoms with E-state index in [1.165, 1.54) is 0 Å².